The Balaban J connectivity index is 2.27. The Labute approximate surface area is 171 Å². The molecule has 0 bridgehead atoms. The first-order valence-corrected chi connectivity index (χ1v) is 9.53. The monoisotopic (exact) mass is 410 g/mol. The van der Waals surface area contributed by atoms with E-state index in [1.807, 2.05) is 20.8 Å². The van der Waals surface area contributed by atoms with Crippen LogP contribution in [-0.4, -0.2) is 26.0 Å². The molecule has 0 saturated heterocycles. The molecule has 2 aromatic carbocycles. The summed E-state index contributed by atoms with van der Waals surface area (Å²) < 4.78 is 2.08. The van der Waals surface area contributed by atoms with Crippen molar-refractivity contribution in [2.24, 2.45) is 0 Å². The number of benzene rings is 2. The molecule has 0 spiro atoms. The fraction of sp³-hybridized carbons (Fsp3) is 0.286. The van der Waals surface area contributed by atoms with Crippen LogP contribution in [0.5, 0.6) is 0 Å². The number of hydrogen-bond acceptors (Lipinski definition) is 5. The van der Waals surface area contributed by atoms with Gasteiger partial charge in [0.2, 0.25) is 5.91 Å². The molecule has 1 N–H and O–H groups in total. The summed E-state index contributed by atoms with van der Waals surface area (Å²) in [6.45, 7) is 5.31. The summed E-state index contributed by atoms with van der Waals surface area (Å²) in [6, 6.07) is 10.2. The number of nitrogens with one attached hydrogen (secondary N) is 1. The smallest absolute Gasteiger partial charge is 0.336 e. The molecule has 1 aromatic heterocycles. The van der Waals surface area contributed by atoms with Crippen molar-refractivity contribution in [1.29, 1.82) is 0 Å². The summed E-state index contributed by atoms with van der Waals surface area (Å²) in [5.74, 6) is -0.363. The van der Waals surface area contributed by atoms with E-state index in [4.69, 9.17) is 0 Å². The van der Waals surface area contributed by atoms with E-state index in [9.17, 15) is 24.5 Å². The van der Waals surface area contributed by atoms with Gasteiger partial charge in [-0.2, -0.15) is 0 Å². The SMILES string of the molecule is CC[C@H](C)NC(=O)Cn1c(=O)n(-c2cccc([N+](=O)[O-])c2)c(=O)c2cc(C)ccc21. The highest BCUT2D eigenvalue weighted by Gasteiger charge is 2.18. The van der Waals surface area contributed by atoms with Crippen molar-refractivity contribution in [1.82, 2.24) is 14.5 Å². The number of hydrogen-bond donors (Lipinski definition) is 1. The molecule has 0 aliphatic carbocycles. The van der Waals surface area contributed by atoms with Crippen molar-refractivity contribution in [2.45, 2.75) is 39.8 Å². The number of amides is 1. The van der Waals surface area contributed by atoms with Crippen LogP contribution in [-0.2, 0) is 11.3 Å². The summed E-state index contributed by atoms with van der Waals surface area (Å²) in [7, 11) is 0. The van der Waals surface area contributed by atoms with Crippen molar-refractivity contribution in [3.63, 3.8) is 0 Å². The van der Waals surface area contributed by atoms with Crippen LogP contribution >= 0.6 is 0 Å². The molecule has 3 aromatic rings. The molecule has 0 saturated carbocycles. The molecule has 0 aliphatic rings. The van der Waals surface area contributed by atoms with E-state index in [2.05, 4.69) is 5.32 Å². The van der Waals surface area contributed by atoms with Gasteiger partial charge in [0.05, 0.1) is 21.5 Å². The first kappa shape index (κ1) is 21.0. The van der Waals surface area contributed by atoms with Gasteiger partial charge in [-0.15, -0.1) is 0 Å². The third-order valence-corrected chi connectivity index (χ3v) is 4.92. The highest BCUT2D eigenvalue weighted by molar-refractivity contribution is 5.82. The lowest BCUT2D eigenvalue weighted by Gasteiger charge is -2.16. The lowest BCUT2D eigenvalue weighted by molar-refractivity contribution is -0.384. The van der Waals surface area contributed by atoms with Crippen LogP contribution in [0.1, 0.15) is 25.8 Å². The van der Waals surface area contributed by atoms with E-state index in [1.165, 1.54) is 22.8 Å². The molecule has 0 fully saturated rings. The normalized spacial score (nSPS) is 12.0. The van der Waals surface area contributed by atoms with Gasteiger partial charge in [-0.25, -0.2) is 9.36 Å². The minimum atomic E-state index is -0.740. The maximum Gasteiger partial charge on any atom is 0.336 e. The zero-order chi connectivity index (χ0) is 22.0. The van der Waals surface area contributed by atoms with Crippen LogP contribution in [0.3, 0.4) is 0 Å². The highest BCUT2D eigenvalue weighted by atomic mass is 16.6. The van der Waals surface area contributed by atoms with Gasteiger partial charge in [0.25, 0.3) is 11.2 Å². The Morgan fingerprint density at radius 3 is 2.60 bits per heavy atom. The zero-order valence-electron chi connectivity index (χ0n) is 16.9. The average molecular weight is 410 g/mol. The third kappa shape index (κ3) is 4.00. The lowest BCUT2D eigenvalue weighted by Crippen LogP contribution is -2.43. The van der Waals surface area contributed by atoms with Crippen LogP contribution in [0, 0.1) is 17.0 Å². The van der Waals surface area contributed by atoms with E-state index in [0.29, 0.717) is 5.52 Å². The molecular weight excluding hydrogens is 388 g/mol. The van der Waals surface area contributed by atoms with E-state index in [-0.39, 0.29) is 35.3 Å². The largest absolute Gasteiger partial charge is 0.352 e. The summed E-state index contributed by atoms with van der Waals surface area (Å²) >= 11 is 0. The molecule has 1 atom stereocenters. The van der Waals surface area contributed by atoms with Crippen LogP contribution in [0.2, 0.25) is 0 Å². The standard InChI is InChI=1S/C21H22N4O5/c1-4-14(3)22-19(26)12-23-18-9-8-13(2)10-17(18)20(27)24(21(23)28)15-6-5-7-16(11-15)25(29)30/h5-11,14H,4,12H2,1-3H3,(H,22,26)/t14-/m0/s1. The van der Waals surface area contributed by atoms with Gasteiger partial charge in [0.15, 0.2) is 0 Å². The Morgan fingerprint density at radius 2 is 1.93 bits per heavy atom. The molecule has 9 heteroatoms. The van der Waals surface area contributed by atoms with E-state index in [1.54, 1.807) is 18.2 Å². The quantitative estimate of drug-likeness (QED) is 0.494. The second-order valence-electron chi connectivity index (χ2n) is 7.18. The van der Waals surface area contributed by atoms with E-state index in [0.717, 1.165) is 22.6 Å². The van der Waals surface area contributed by atoms with Gasteiger partial charge in [-0.3, -0.25) is 24.3 Å². The number of nitro groups is 1. The number of nitrogens with zero attached hydrogens (tertiary/aromatic N) is 3. The van der Waals surface area contributed by atoms with Crippen molar-refractivity contribution in [3.05, 3.63) is 79.0 Å². The number of fused-ring (bicyclic) bond motifs is 1. The summed E-state index contributed by atoms with van der Waals surface area (Å²) in [5, 5.41) is 14.2. The fourth-order valence-corrected chi connectivity index (χ4v) is 3.18. The van der Waals surface area contributed by atoms with Gasteiger partial charge in [0, 0.05) is 18.2 Å². The fourth-order valence-electron chi connectivity index (χ4n) is 3.18. The van der Waals surface area contributed by atoms with Gasteiger partial charge >= 0.3 is 5.69 Å². The number of aryl methyl sites for hydroxylation is 1. The molecule has 1 amide bonds. The van der Waals surface area contributed by atoms with Crippen LogP contribution < -0.4 is 16.6 Å². The van der Waals surface area contributed by atoms with Crippen LogP contribution in [0.4, 0.5) is 5.69 Å². The predicted molar refractivity (Wildman–Crippen MR) is 113 cm³/mol. The first-order chi connectivity index (χ1) is 14.2. The minimum Gasteiger partial charge on any atom is -0.352 e. The Morgan fingerprint density at radius 1 is 1.20 bits per heavy atom. The van der Waals surface area contributed by atoms with Gasteiger partial charge in [-0.1, -0.05) is 24.6 Å². The van der Waals surface area contributed by atoms with Crippen molar-refractivity contribution < 1.29 is 9.72 Å². The zero-order valence-corrected chi connectivity index (χ0v) is 16.9. The van der Waals surface area contributed by atoms with E-state index < -0.39 is 16.2 Å². The number of non-ortho nitro benzene ring substituents is 1. The number of aromatic nitrogens is 2. The Hall–Kier alpha value is -3.75. The predicted octanol–water partition coefficient (Wildman–Crippen LogP) is 2.28. The van der Waals surface area contributed by atoms with Gasteiger partial charge in [-0.05, 0) is 38.5 Å². The second kappa shape index (κ2) is 8.32. The van der Waals surface area contributed by atoms with E-state index >= 15 is 0 Å². The Bertz CT molecular complexity index is 1260. The number of carbonyl (C=O) groups excluding carboxylic acids is 1. The first-order valence-electron chi connectivity index (χ1n) is 9.53. The maximum absolute atomic E-state index is 13.2. The molecule has 0 unspecified atom stereocenters. The molecule has 156 valence electrons. The third-order valence-electron chi connectivity index (χ3n) is 4.92. The second-order valence-corrected chi connectivity index (χ2v) is 7.18. The van der Waals surface area contributed by atoms with Gasteiger partial charge in [0.1, 0.15) is 6.54 Å². The highest BCUT2D eigenvalue weighted by Crippen LogP contribution is 2.16. The molecule has 3 rings (SSSR count). The van der Waals surface area contributed by atoms with Crippen molar-refractivity contribution in [3.8, 4) is 5.69 Å². The summed E-state index contributed by atoms with van der Waals surface area (Å²) in [4.78, 5) is 49.4. The molecule has 1 heterocycles. The average Bonchev–Trinajstić information content (AvgIpc) is 2.71. The molecule has 0 radical (unpaired) electrons. The molecule has 30 heavy (non-hydrogen) atoms. The number of rotatable bonds is 6. The van der Waals surface area contributed by atoms with Crippen LogP contribution in [0.25, 0.3) is 16.6 Å². The molecule has 9 nitrogen and oxygen atoms in total. The van der Waals surface area contributed by atoms with Crippen molar-refractivity contribution in [2.75, 3.05) is 0 Å². The Kier molecular flexibility index (Phi) is 5.81. The van der Waals surface area contributed by atoms with Crippen LogP contribution in [0.15, 0.2) is 52.1 Å². The minimum absolute atomic E-state index is 0.0654. The number of carbonyl (C=O) groups is 1. The molecule has 0 aliphatic heterocycles. The van der Waals surface area contributed by atoms with Gasteiger partial charge < -0.3 is 5.32 Å². The number of nitro benzene ring substituents is 1. The maximum atomic E-state index is 13.2. The lowest BCUT2D eigenvalue weighted by atomic mass is 10.1. The topological polar surface area (TPSA) is 116 Å². The summed E-state index contributed by atoms with van der Waals surface area (Å²) in [6.07, 6.45) is 0.730. The van der Waals surface area contributed by atoms with Crippen molar-refractivity contribution >= 4 is 22.5 Å². The summed E-state index contributed by atoms with van der Waals surface area (Å²) in [5.41, 5.74) is -0.382. The molecular formula is C21H22N4O5.